The van der Waals surface area contributed by atoms with E-state index in [-0.39, 0.29) is 30.0 Å². The SMILES string of the molecule is CCC(C)C(N)C(=O)Nc1ccc(NC(=O)c2ccco2)c(Cl)c1.Cl. The van der Waals surface area contributed by atoms with E-state index in [2.05, 4.69) is 10.6 Å². The zero-order valence-corrected chi connectivity index (χ0v) is 15.5. The molecule has 0 aliphatic rings. The third kappa shape index (κ3) is 5.49. The molecule has 1 heterocycles. The maximum atomic E-state index is 12.1. The third-order valence-corrected chi connectivity index (χ3v) is 4.10. The molecule has 136 valence electrons. The Hall–Kier alpha value is -2.02. The van der Waals surface area contributed by atoms with Gasteiger partial charge in [0.1, 0.15) is 0 Å². The van der Waals surface area contributed by atoms with E-state index in [1.165, 1.54) is 6.26 Å². The molecule has 0 radical (unpaired) electrons. The maximum absolute atomic E-state index is 12.1. The number of nitrogens with one attached hydrogen (secondary N) is 2. The molecule has 8 heteroatoms. The fourth-order valence-corrected chi connectivity index (χ4v) is 2.25. The number of hydrogen-bond donors (Lipinski definition) is 3. The maximum Gasteiger partial charge on any atom is 0.291 e. The smallest absolute Gasteiger partial charge is 0.291 e. The Morgan fingerprint density at radius 1 is 1.28 bits per heavy atom. The van der Waals surface area contributed by atoms with Gasteiger partial charge in [0.15, 0.2) is 5.76 Å². The fourth-order valence-electron chi connectivity index (χ4n) is 2.02. The minimum atomic E-state index is -0.591. The van der Waals surface area contributed by atoms with Gasteiger partial charge >= 0.3 is 0 Å². The molecule has 25 heavy (non-hydrogen) atoms. The van der Waals surface area contributed by atoms with E-state index in [1.54, 1.807) is 30.3 Å². The number of furan rings is 1. The number of rotatable bonds is 6. The first-order valence-electron chi connectivity index (χ1n) is 7.63. The van der Waals surface area contributed by atoms with Gasteiger partial charge in [-0.3, -0.25) is 9.59 Å². The van der Waals surface area contributed by atoms with Crippen molar-refractivity contribution >= 4 is 47.2 Å². The molecule has 6 nitrogen and oxygen atoms in total. The molecular formula is C17H21Cl2N3O3. The van der Waals surface area contributed by atoms with E-state index in [0.29, 0.717) is 16.4 Å². The lowest BCUT2D eigenvalue weighted by Gasteiger charge is -2.18. The van der Waals surface area contributed by atoms with Crippen LogP contribution in [0.1, 0.15) is 30.8 Å². The van der Waals surface area contributed by atoms with Crippen molar-refractivity contribution in [2.45, 2.75) is 26.3 Å². The molecule has 2 rings (SSSR count). The standard InChI is InChI=1S/C17H20ClN3O3.ClH/c1-3-10(2)15(19)17(23)20-11-6-7-13(12(18)9-11)21-16(22)14-5-4-8-24-14;/h4-10,15H,3,19H2,1-2H3,(H,20,23)(H,21,22);1H. The number of benzene rings is 1. The van der Waals surface area contributed by atoms with Gasteiger partial charge in [-0.25, -0.2) is 0 Å². The van der Waals surface area contributed by atoms with Gasteiger partial charge in [0.2, 0.25) is 5.91 Å². The topological polar surface area (TPSA) is 97.4 Å². The molecule has 0 fully saturated rings. The van der Waals surface area contributed by atoms with Crippen LogP contribution in [0, 0.1) is 5.92 Å². The minimum Gasteiger partial charge on any atom is -0.459 e. The van der Waals surface area contributed by atoms with Crippen LogP contribution in [0.25, 0.3) is 0 Å². The van der Waals surface area contributed by atoms with Gasteiger partial charge in [-0.2, -0.15) is 0 Å². The quantitative estimate of drug-likeness (QED) is 0.701. The molecule has 0 spiro atoms. The monoisotopic (exact) mass is 385 g/mol. The Bertz CT molecular complexity index is 720. The summed E-state index contributed by atoms with van der Waals surface area (Å²) in [4.78, 5) is 24.0. The van der Waals surface area contributed by atoms with Crippen molar-refractivity contribution in [1.29, 1.82) is 0 Å². The second-order valence-corrected chi connectivity index (χ2v) is 5.93. The summed E-state index contributed by atoms with van der Waals surface area (Å²) < 4.78 is 5.02. The predicted molar refractivity (Wildman–Crippen MR) is 101 cm³/mol. The van der Waals surface area contributed by atoms with Crippen molar-refractivity contribution in [3.63, 3.8) is 0 Å². The summed E-state index contributed by atoms with van der Waals surface area (Å²) in [5, 5.41) is 5.66. The highest BCUT2D eigenvalue weighted by atomic mass is 35.5. The third-order valence-electron chi connectivity index (χ3n) is 3.79. The molecule has 0 aliphatic carbocycles. The van der Waals surface area contributed by atoms with Crippen molar-refractivity contribution in [1.82, 2.24) is 0 Å². The van der Waals surface area contributed by atoms with Gasteiger partial charge in [-0.05, 0) is 36.2 Å². The molecule has 1 aromatic carbocycles. The van der Waals surface area contributed by atoms with Gasteiger partial charge in [0.25, 0.3) is 5.91 Å². The second kappa shape index (κ2) is 9.46. The van der Waals surface area contributed by atoms with Crippen LogP contribution in [0.15, 0.2) is 41.0 Å². The zero-order valence-electron chi connectivity index (χ0n) is 13.9. The Balaban J connectivity index is 0.00000312. The number of halogens is 2. The summed E-state index contributed by atoms with van der Waals surface area (Å²) in [6.07, 6.45) is 2.22. The average molecular weight is 386 g/mol. The number of carbonyl (C=O) groups is 2. The van der Waals surface area contributed by atoms with Crippen LogP contribution in [0.2, 0.25) is 5.02 Å². The summed E-state index contributed by atoms with van der Waals surface area (Å²) in [6, 6.07) is 7.38. The van der Waals surface area contributed by atoms with Gasteiger partial charge in [-0.1, -0.05) is 31.9 Å². The van der Waals surface area contributed by atoms with Gasteiger partial charge < -0.3 is 20.8 Å². The molecule has 2 unspecified atom stereocenters. The van der Waals surface area contributed by atoms with Crippen LogP contribution in [-0.4, -0.2) is 17.9 Å². The first-order valence-corrected chi connectivity index (χ1v) is 8.01. The van der Waals surface area contributed by atoms with E-state index in [4.69, 9.17) is 21.8 Å². The molecule has 0 saturated carbocycles. The van der Waals surface area contributed by atoms with Crippen LogP contribution in [0.3, 0.4) is 0 Å². The Morgan fingerprint density at radius 2 is 2.00 bits per heavy atom. The Labute approximate surface area is 157 Å². The lowest BCUT2D eigenvalue weighted by molar-refractivity contribution is -0.118. The molecule has 2 amide bonds. The highest BCUT2D eigenvalue weighted by Crippen LogP contribution is 2.26. The van der Waals surface area contributed by atoms with Crippen LogP contribution in [0.4, 0.5) is 11.4 Å². The van der Waals surface area contributed by atoms with Crippen molar-refractivity contribution in [2.75, 3.05) is 10.6 Å². The lowest BCUT2D eigenvalue weighted by atomic mass is 9.99. The largest absolute Gasteiger partial charge is 0.459 e. The summed E-state index contributed by atoms with van der Waals surface area (Å²) in [5.41, 5.74) is 6.83. The molecule has 0 saturated heterocycles. The Kier molecular flexibility index (Phi) is 7.96. The first kappa shape index (κ1) is 21.0. The van der Waals surface area contributed by atoms with E-state index < -0.39 is 11.9 Å². The number of amides is 2. The predicted octanol–water partition coefficient (Wildman–Crippen LogP) is 3.92. The van der Waals surface area contributed by atoms with Crippen LogP contribution >= 0.6 is 24.0 Å². The molecule has 1 aromatic heterocycles. The van der Waals surface area contributed by atoms with Crippen LogP contribution < -0.4 is 16.4 Å². The molecule has 2 aromatic rings. The molecule has 0 bridgehead atoms. The first-order chi connectivity index (χ1) is 11.4. The molecular weight excluding hydrogens is 365 g/mol. The van der Waals surface area contributed by atoms with Crippen molar-refractivity contribution in [2.24, 2.45) is 11.7 Å². The summed E-state index contributed by atoms with van der Waals surface area (Å²) in [6.45, 7) is 3.90. The molecule has 2 atom stereocenters. The average Bonchev–Trinajstić information content (AvgIpc) is 3.10. The highest BCUT2D eigenvalue weighted by molar-refractivity contribution is 6.34. The summed E-state index contributed by atoms with van der Waals surface area (Å²) >= 11 is 6.16. The highest BCUT2D eigenvalue weighted by Gasteiger charge is 2.19. The van der Waals surface area contributed by atoms with E-state index >= 15 is 0 Å². The summed E-state index contributed by atoms with van der Waals surface area (Å²) in [5.74, 6) is -0.416. The number of nitrogens with two attached hydrogens (primary N) is 1. The lowest BCUT2D eigenvalue weighted by Crippen LogP contribution is -2.40. The van der Waals surface area contributed by atoms with Gasteiger partial charge in [0.05, 0.1) is 23.0 Å². The normalized spacial score (nSPS) is 12.6. The summed E-state index contributed by atoms with van der Waals surface area (Å²) in [7, 11) is 0. The van der Waals surface area contributed by atoms with E-state index in [1.807, 2.05) is 13.8 Å². The van der Waals surface area contributed by atoms with E-state index in [9.17, 15) is 9.59 Å². The van der Waals surface area contributed by atoms with Crippen LogP contribution in [-0.2, 0) is 4.79 Å². The molecule has 0 aliphatic heterocycles. The van der Waals surface area contributed by atoms with Gasteiger partial charge in [0, 0.05) is 5.69 Å². The number of hydrogen-bond acceptors (Lipinski definition) is 4. The Morgan fingerprint density at radius 3 is 2.56 bits per heavy atom. The fraction of sp³-hybridized carbons (Fsp3) is 0.294. The number of anilines is 2. The number of carbonyl (C=O) groups excluding carboxylic acids is 2. The molecule has 4 N–H and O–H groups in total. The van der Waals surface area contributed by atoms with Crippen molar-refractivity contribution in [3.05, 3.63) is 47.4 Å². The second-order valence-electron chi connectivity index (χ2n) is 5.53. The van der Waals surface area contributed by atoms with Crippen molar-refractivity contribution < 1.29 is 14.0 Å². The zero-order chi connectivity index (χ0) is 17.7. The minimum absolute atomic E-state index is 0. The van der Waals surface area contributed by atoms with Gasteiger partial charge in [-0.15, -0.1) is 12.4 Å². The van der Waals surface area contributed by atoms with Crippen LogP contribution in [0.5, 0.6) is 0 Å². The van der Waals surface area contributed by atoms with Crippen molar-refractivity contribution in [3.8, 4) is 0 Å². The van der Waals surface area contributed by atoms with E-state index in [0.717, 1.165) is 6.42 Å².